The van der Waals surface area contributed by atoms with Crippen molar-refractivity contribution in [2.24, 2.45) is 5.92 Å². The third-order valence-electron chi connectivity index (χ3n) is 4.40. The molecule has 1 unspecified atom stereocenters. The van der Waals surface area contributed by atoms with Gasteiger partial charge < -0.3 is 15.3 Å². The highest BCUT2D eigenvalue weighted by atomic mass is 16.3. The number of benzene rings is 1. The predicted octanol–water partition coefficient (Wildman–Crippen LogP) is 1.68. The fourth-order valence-corrected chi connectivity index (χ4v) is 2.96. The molecule has 1 atom stereocenters. The van der Waals surface area contributed by atoms with Crippen molar-refractivity contribution in [1.82, 2.24) is 10.2 Å². The maximum Gasteiger partial charge on any atom is 0.254 e. The number of carbonyl (C=O) groups is 1. The van der Waals surface area contributed by atoms with Crippen LogP contribution in [0.3, 0.4) is 0 Å². The predicted molar refractivity (Wildman–Crippen MR) is 84.4 cm³/mol. The van der Waals surface area contributed by atoms with Crippen LogP contribution in [0.15, 0.2) is 24.3 Å². The summed E-state index contributed by atoms with van der Waals surface area (Å²) in [6.07, 6.45) is 2.37. The Kier molecular flexibility index (Phi) is 5.76. The van der Waals surface area contributed by atoms with E-state index in [1.807, 2.05) is 43.1 Å². The van der Waals surface area contributed by atoms with Crippen LogP contribution < -0.4 is 5.32 Å². The molecule has 1 aromatic carbocycles. The Morgan fingerprint density at radius 1 is 1.38 bits per heavy atom. The molecular weight excluding hydrogens is 264 g/mol. The molecular formula is C17H26N2O2. The molecule has 1 aliphatic heterocycles. The van der Waals surface area contributed by atoms with Crippen molar-refractivity contribution in [2.45, 2.75) is 32.3 Å². The Balaban J connectivity index is 2.04. The lowest BCUT2D eigenvalue weighted by Gasteiger charge is -2.33. The monoisotopic (exact) mass is 290 g/mol. The highest BCUT2D eigenvalue weighted by molar-refractivity contribution is 5.95. The SMILES string of the molecule is CNCCc1ccccc1C(=O)N1CCC(C(C)O)CC1. The highest BCUT2D eigenvalue weighted by Gasteiger charge is 2.26. The number of nitrogens with one attached hydrogen (secondary N) is 1. The molecule has 4 nitrogen and oxygen atoms in total. The summed E-state index contributed by atoms with van der Waals surface area (Å²) < 4.78 is 0. The van der Waals surface area contributed by atoms with Crippen molar-refractivity contribution in [3.05, 3.63) is 35.4 Å². The zero-order valence-corrected chi connectivity index (χ0v) is 13.0. The number of piperidine rings is 1. The fourth-order valence-electron chi connectivity index (χ4n) is 2.96. The normalized spacial score (nSPS) is 17.8. The molecule has 116 valence electrons. The Hall–Kier alpha value is -1.39. The minimum atomic E-state index is -0.273. The molecule has 2 rings (SSSR count). The van der Waals surface area contributed by atoms with Crippen molar-refractivity contribution in [3.63, 3.8) is 0 Å². The lowest BCUT2D eigenvalue weighted by molar-refractivity contribution is 0.0520. The molecule has 21 heavy (non-hydrogen) atoms. The van der Waals surface area contributed by atoms with Gasteiger partial charge in [-0.3, -0.25) is 4.79 Å². The van der Waals surface area contributed by atoms with Crippen LogP contribution in [-0.4, -0.2) is 48.7 Å². The average molecular weight is 290 g/mol. The molecule has 0 spiro atoms. The van der Waals surface area contributed by atoms with E-state index in [-0.39, 0.29) is 12.0 Å². The highest BCUT2D eigenvalue weighted by Crippen LogP contribution is 2.22. The Bertz CT molecular complexity index is 466. The van der Waals surface area contributed by atoms with Crippen LogP contribution in [0.25, 0.3) is 0 Å². The van der Waals surface area contributed by atoms with Gasteiger partial charge in [0, 0.05) is 18.7 Å². The van der Waals surface area contributed by atoms with Gasteiger partial charge in [-0.1, -0.05) is 18.2 Å². The number of carbonyl (C=O) groups excluding carboxylic acids is 1. The molecule has 0 aromatic heterocycles. The second kappa shape index (κ2) is 7.57. The van der Waals surface area contributed by atoms with E-state index < -0.39 is 0 Å². The zero-order valence-electron chi connectivity index (χ0n) is 13.0. The van der Waals surface area contributed by atoms with Crippen LogP contribution in [0.1, 0.15) is 35.7 Å². The van der Waals surface area contributed by atoms with E-state index in [4.69, 9.17) is 0 Å². The van der Waals surface area contributed by atoms with E-state index in [2.05, 4.69) is 5.32 Å². The van der Waals surface area contributed by atoms with E-state index in [9.17, 15) is 9.90 Å². The third-order valence-corrected chi connectivity index (χ3v) is 4.40. The van der Waals surface area contributed by atoms with Gasteiger partial charge in [0.15, 0.2) is 0 Å². The lowest BCUT2D eigenvalue weighted by Crippen LogP contribution is -2.41. The number of nitrogens with zero attached hydrogens (tertiary/aromatic N) is 1. The van der Waals surface area contributed by atoms with E-state index in [0.29, 0.717) is 5.92 Å². The summed E-state index contributed by atoms with van der Waals surface area (Å²) in [7, 11) is 1.92. The first-order valence-corrected chi connectivity index (χ1v) is 7.83. The summed E-state index contributed by atoms with van der Waals surface area (Å²) in [5.41, 5.74) is 1.93. The van der Waals surface area contributed by atoms with Gasteiger partial charge in [0.05, 0.1) is 6.10 Å². The molecule has 1 fully saturated rings. The van der Waals surface area contributed by atoms with Crippen molar-refractivity contribution in [3.8, 4) is 0 Å². The van der Waals surface area contributed by atoms with Gasteiger partial charge in [-0.15, -0.1) is 0 Å². The van der Waals surface area contributed by atoms with Crippen molar-refractivity contribution in [1.29, 1.82) is 0 Å². The number of likely N-dealkylation sites (tertiary alicyclic amines) is 1. The van der Waals surface area contributed by atoms with Gasteiger partial charge >= 0.3 is 0 Å². The molecule has 1 amide bonds. The van der Waals surface area contributed by atoms with E-state index >= 15 is 0 Å². The van der Waals surface area contributed by atoms with Crippen LogP contribution in [-0.2, 0) is 6.42 Å². The molecule has 1 aromatic rings. The number of rotatable bonds is 5. The molecule has 0 saturated carbocycles. The van der Waals surface area contributed by atoms with Crippen LogP contribution in [0.4, 0.5) is 0 Å². The number of hydrogen-bond donors (Lipinski definition) is 2. The van der Waals surface area contributed by atoms with Gasteiger partial charge in [0.25, 0.3) is 5.91 Å². The summed E-state index contributed by atoms with van der Waals surface area (Å²) in [5.74, 6) is 0.458. The average Bonchev–Trinajstić information content (AvgIpc) is 2.52. The summed E-state index contributed by atoms with van der Waals surface area (Å²) in [6, 6.07) is 7.88. The van der Waals surface area contributed by atoms with Crippen LogP contribution >= 0.6 is 0 Å². The number of aliphatic hydroxyl groups excluding tert-OH is 1. The number of aliphatic hydroxyl groups is 1. The quantitative estimate of drug-likeness (QED) is 0.867. The Morgan fingerprint density at radius 2 is 2.05 bits per heavy atom. The minimum absolute atomic E-state index is 0.130. The van der Waals surface area contributed by atoms with Gasteiger partial charge in [0.1, 0.15) is 0 Å². The number of amides is 1. The fraction of sp³-hybridized carbons (Fsp3) is 0.588. The summed E-state index contributed by atoms with van der Waals surface area (Å²) in [6.45, 7) is 4.20. The molecule has 2 N–H and O–H groups in total. The van der Waals surface area contributed by atoms with Crippen LogP contribution in [0.5, 0.6) is 0 Å². The molecule has 1 aliphatic rings. The molecule has 4 heteroatoms. The van der Waals surface area contributed by atoms with Gasteiger partial charge in [-0.2, -0.15) is 0 Å². The van der Waals surface area contributed by atoms with Gasteiger partial charge in [-0.25, -0.2) is 0 Å². The second-order valence-corrected chi connectivity index (χ2v) is 5.88. The summed E-state index contributed by atoms with van der Waals surface area (Å²) in [4.78, 5) is 14.6. The van der Waals surface area contributed by atoms with Gasteiger partial charge in [0.2, 0.25) is 0 Å². The van der Waals surface area contributed by atoms with Crippen LogP contribution in [0, 0.1) is 5.92 Å². The number of likely N-dealkylation sites (N-methyl/N-ethyl adjacent to an activating group) is 1. The van der Waals surface area contributed by atoms with Crippen molar-refractivity contribution in [2.75, 3.05) is 26.7 Å². The van der Waals surface area contributed by atoms with E-state index in [0.717, 1.165) is 50.0 Å². The smallest absolute Gasteiger partial charge is 0.254 e. The maximum atomic E-state index is 12.7. The topological polar surface area (TPSA) is 52.6 Å². The maximum absolute atomic E-state index is 12.7. The van der Waals surface area contributed by atoms with Crippen molar-refractivity contribution < 1.29 is 9.90 Å². The van der Waals surface area contributed by atoms with E-state index in [1.54, 1.807) is 0 Å². The molecule has 1 heterocycles. The zero-order chi connectivity index (χ0) is 15.2. The number of hydrogen-bond acceptors (Lipinski definition) is 3. The van der Waals surface area contributed by atoms with Crippen LogP contribution in [0.2, 0.25) is 0 Å². The summed E-state index contributed by atoms with van der Waals surface area (Å²) >= 11 is 0. The molecule has 0 bridgehead atoms. The molecule has 0 aliphatic carbocycles. The Labute approximate surface area is 127 Å². The Morgan fingerprint density at radius 3 is 2.67 bits per heavy atom. The first kappa shape index (κ1) is 16.0. The third kappa shape index (κ3) is 4.05. The van der Waals surface area contributed by atoms with Crippen molar-refractivity contribution >= 4 is 5.91 Å². The van der Waals surface area contributed by atoms with E-state index in [1.165, 1.54) is 0 Å². The van der Waals surface area contributed by atoms with Gasteiger partial charge in [-0.05, 0) is 57.3 Å². The largest absolute Gasteiger partial charge is 0.393 e. The molecule has 1 saturated heterocycles. The minimum Gasteiger partial charge on any atom is -0.393 e. The second-order valence-electron chi connectivity index (χ2n) is 5.88. The standard InChI is InChI=1S/C17H26N2O2/c1-13(20)14-8-11-19(12-9-14)17(21)16-6-4-3-5-15(16)7-10-18-2/h3-6,13-14,18,20H,7-12H2,1-2H3. The first-order chi connectivity index (χ1) is 10.1. The summed E-state index contributed by atoms with van der Waals surface area (Å²) in [5, 5.41) is 12.8. The first-order valence-electron chi connectivity index (χ1n) is 7.83. The molecule has 0 radical (unpaired) electrons. The lowest BCUT2D eigenvalue weighted by atomic mass is 9.91.